The Hall–Kier alpha value is -2.95. The molecular weight excluding hydrogens is 298 g/mol. The van der Waals surface area contributed by atoms with Gasteiger partial charge in [-0.1, -0.05) is 48.5 Å². The smallest absolute Gasteiger partial charge is 0.249 e. The van der Waals surface area contributed by atoms with Crippen molar-refractivity contribution in [1.82, 2.24) is 15.2 Å². The maximum absolute atomic E-state index is 4.62. The fourth-order valence-electron chi connectivity index (χ4n) is 2.49. The molecule has 122 valence electrons. The van der Waals surface area contributed by atoms with E-state index in [-0.39, 0.29) is 0 Å². The molecule has 5 nitrogen and oxygen atoms in total. The Kier molecular flexibility index (Phi) is 5.01. The minimum Gasteiger partial charge on any atom is -0.351 e. The van der Waals surface area contributed by atoms with Gasteiger partial charge in [-0.15, -0.1) is 5.10 Å². The molecule has 1 heterocycles. The number of para-hydroxylation sites is 1. The van der Waals surface area contributed by atoms with E-state index in [1.807, 2.05) is 49.4 Å². The summed E-state index contributed by atoms with van der Waals surface area (Å²) in [6.07, 6.45) is 1.70. The average molecular weight is 319 g/mol. The van der Waals surface area contributed by atoms with Crippen LogP contribution >= 0.6 is 0 Å². The monoisotopic (exact) mass is 319 g/mol. The Morgan fingerprint density at radius 2 is 1.75 bits per heavy atom. The Labute approximate surface area is 142 Å². The molecule has 0 radical (unpaired) electrons. The predicted molar refractivity (Wildman–Crippen MR) is 97.5 cm³/mol. The van der Waals surface area contributed by atoms with E-state index in [0.717, 1.165) is 30.2 Å². The molecule has 24 heavy (non-hydrogen) atoms. The van der Waals surface area contributed by atoms with E-state index in [1.165, 1.54) is 5.56 Å². The normalized spacial score (nSPS) is 10.4. The van der Waals surface area contributed by atoms with Gasteiger partial charge in [-0.25, -0.2) is 0 Å². The lowest BCUT2D eigenvalue weighted by Gasteiger charge is -2.22. The molecule has 0 spiro atoms. The molecule has 0 aliphatic rings. The lowest BCUT2D eigenvalue weighted by atomic mass is 10.2. The Bertz CT molecular complexity index is 789. The Morgan fingerprint density at radius 3 is 2.50 bits per heavy atom. The van der Waals surface area contributed by atoms with Crippen LogP contribution < -0.4 is 10.2 Å². The van der Waals surface area contributed by atoms with E-state index < -0.39 is 0 Å². The van der Waals surface area contributed by atoms with Crippen molar-refractivity contribution in [3.05, 3.63) is 71.9 Å². The van der Waals surface area contributed by atoms with Gasteiger partial charge in [0.05, 0.1) is 6.20 Å². The third-order valence-corrected chi connectivity index (χ3v) is 3.86. The third kappa shape index (κ3) is 3.87. The number of aromatic nitrogens is 3. The highest BCUT2D eigenvalue weighted by Crippen LogP contribution is 2.19. The lowest BCUT2D eigenvalue weighted by molar-refractivity contribution is 0.798. The van der Waals surface area contributed by atoms with E-state index in [4.69, 9.17) is 0 Å². The molecule has 2 aromatic carbocycles. The number of nitrogens with zero attached hydrogens (tertiary/aromatic N) is 4. The maximum Gasteiger partial charge on any atom is 0.249 e. The Morgan fingerprint density at radius 1 is 1.00 bits per heavy atom. The van der Waals surface area contributed by atoms with Crippen LogP contribution in [-0.2, 0) is 6.54 Å². The van der Waals surface area contributed by atoms with Gasteiger partial charge in [0.1, 0.15) is 0 Å². The molecule has 3 rings (SSSR count). The first-order valence-corrected chi connectivity index (χ1v) is 8.07. The van der Waals surface area contributed by atoms with Gasteiger partial charge in [-0.2, -0.15) is 10.1 Å². The SMILES string of the molecule is CCN(Cc1ccccc1)c1cnnc(Nc2ccccc2C)n1. The molecule has 1 aromatic heterocycles. The highest BCUT2D eigenvalue weighted by Gasteiger charge is 2.09. The van der Waals surface area contributed by atoms with Crippen molar-refractivity contribution in [2.24, 2.45) is 0 Å². The summed E-state index contributed by atoms with van der Waals surface area (Å²) < 4.78 is 0. The fraction of sp³-hybridized carbons (Fsp3) is 0.211. The van der Waals surface area contributed by atoms with E-state index >= 15 is 0 Å². The van der Waals surface area contributed by atoms with E-state index in [0.29, 0.717) is 5.95 Å². The average Bonchev–Trinajstić information content (AvgIpc) is 2.63. The Balaban J connectivity index is 1.79. The number of hydrogen-bond donors (Lipinski definition) is 1. The molecule has 0 saturated carbocycles. The molecule has 0 bridgehead atoms. The van der Waals surface area contributed by atoms with Crippen molar-refractivity contribution in [2.75, 3.05) is 16.8 Å². The van der Waals surface area contributed by atoms with Gasteiger partial charge >= 0.3 is 0 Å². The second-order valence-corrected chi connectivity index (χ2v) is 5.58. The molecule has 0 atom stereocenters. The molecule has 0 amide bonds. The zero-order valence-corrected chi connectivity index (χ0v) is 14.0. The number of benzene rings is 2. The van der Waals surface area contributed by atoms with E-state index in [1.54, 1.807) is 6.20 Å². The zero-order valence-electron chi connectivity index (χ0n) is 14.0. The molecule has 0 fully saturated rings. The van der Waals surface area contributed by atoms with Crippen molar-refractivity contribution in [1.29, 1.82) is 0 Å². The van der Waals surface area contributed by atoms with Crippen LogP contribution in [0.3, 0.4) is 0 Å². The first-order chi connectivity index (χ1) is 11.8. The fourth-order valence-corrected chi connectivity index (χ4v) is 2.49. The van der Waals surface area contributed by atoms with Crippen LogP contribution in [0.5, 0.6) is 0 Å². The minimum atomic E-state index is 0.508. The highest BCUT2D eigenvalue weighted by molar-refractivity contribution is 5.58. The molecule has 0 saturated heterocycles. The topological polar surface area (TPSA) is 53.9 Å². The summed E-state index contributed by atoms with van der Waals surface area (Å²) in [5, 5.41) is 11.4. The lowest BCUT2D eigenvalue weighted by Crippen LogP contribution is -2.23. The van der Waals surface area contributed by atoms with Crippen molar-refractivity contribution in [2.45, 2.75) is 20.4 Å². The first kappa shape index (κ1) is 15.9. The van der Waals surface area contributed by atoms with Crippen molar-refractivity contribution in [3.8, 4) is 0 Å². The molecule has 0 unspecified atom stereocenters. The third-order valence-electron chi connectivity index (χ3n) is 3.86. The summed E-state index contributed by atoms with van der Waals surface area (Å²) in [6, 6.07) is 18.4. The molecule has 0 aliphatic carbocycles. The van der Waals surface area contributed by atoms with Crippen LogP contribution in [0.15, 0.2) is 60.8 Å². The number of anilines is 3. The van der Waals surface area contributed by atoms with Gasteiger partial charge in [-0.3, -0.25) is 0 Å². The second kappa shape index (κ2) is 7.55. The second-order valence-electron chi connectivity index (χ2n) is 5.58. The van der Waals surface area contributed by atoms with Crippen molar-refractivity contribution in [3.63, 3.8) is 0 Å². The molecule has 3 aromatic rings. The van der Waals surface area contributed by atoms with Crippen LogP contribution in [-0.4, -0.2) is 21.7 Å². The molecule has 5 heteroatoms. The van der Waals surface area contributed by atoms with Crippen LogP contribution in [0.1, 0.15) is 18.1 Å². The summed E-state index contributed by atoms with van der Waals surface area (Å²) >= 11 is 0. The van der Waals surface area contributed by atoms with Gasteiger partial charge in [-0.05, 0) is 31.0 Å². The zero-order chi connectivity index (χ0) is 16.8. The number of hydrogen-bond acceptors (Lipinski definition) is 5. The predicted octanol–water partition coefficient (Wildman–Crippen LogP) is 3.95. The van der Waals surface area contributed by atoms with E-state index in [9.17, 15) is 0 Å². The summed E-state index contributed by atoms with van der Waals surface area (Å²) in [6.45, 7) is 5.80. The largest absolute Gasteiger partial charge is 0.351 e. The van der Waals surface area contributed by atoms with Crippen molar-refractivity contribution < 1.29 is 0 Å². The van der Waals surface area contributed by atoms with Crippen LogP contribution in [0.4, 0.5) is 17.5 Å². The summed E-state index contributed by atoms with van der Waals surface area (Å²) in [4.78, 5) is 6.79. The standard InChI is InChI=1S/C19H21N5/c1-3-24(14-16-10-5-4-6-11-16)18-13-20-23-19(22-18)21-17-12-8-7-9-15(17)2/h4-13H,3,14H2,1-2H3,(H,21,22,23). The van der Waals surface area contributed by atoms with Crippen LogP contribution in [0.2, 0.25) is 0 Å². The van der Waals surface area contributed by atoms with Gasteiger partial charge in [0, 0.05) is 18.8 Å². The van der Waals surface area contributed by atoms with Crippen LogP contribution in [0.25, 0.3) is 0 Å². The van der Waals surface area contributed by atoms with Crippen molar-refractivity contribution >= 4 is 17.5 Å². The summed E-state index contributed by atoms with van der Waals surface area (Å²) in [7, 11) is 0. The number of nitrogens with one attached hydrogen (secondary N) is 1. The first-order valence-electron chi connectivity index (χ1n) is 8.07. The van der Waals surface area contributed by atoms with Gasteiger partial charge in [0.15, 0.2) is 5.82 Å². The van der Waals surface area contributed by atoms with Gasteiger partial charge in [0.2, 0.25) is 5.95 Å². The summed E-state index contributed by atoms with van der Waals surface area (Å²) in [5.41, 5.74) is 3.37. The number of rotatable bonds is 6. The summed E-state index contributed by atoms with van der Waals surface area (Å²) in [5.74, 6) is 1.32. The highest BCUT2D eigenvalue weighted by atomic mass is 15.3. The van der Waals surface area contributed by atoms with Gasteiger partial charge < -0.3 is 10.2 Å². The molecule has 1 N–H and O–H groups in total. The molecule has 0 aliphatic heterocycles. The number of aryl methyl sites for hydroxylation is 1. The maximum atomic E-state index is 4.62. The minimum absolute atomic E-state index is 0.508. The molecular formula is C19H21N5. The quantitative estimate of drug-likeness (QED) is 0.745. The van der Waals surface area contributed by atoms with Gasteiger partial charge in [0.25, 0.3) is 0 Å². The van der Waals surface area contributed by atoms with E-state index in [2.05, 4.69) is 44.5 Å². The van der Waals surface area contributed by atoms with Crippen LogP contribution in [0, 0.1) is 6.92 Å².